The van der Waals surface area contributed by atoms with Gasteiger partial charge in [0.15, 0.2) is 11.7 Å². The third kappa shape index (κ3) is 17.4. The summed E-state index contributed by atoms with van der Waals surface area (Å²) in [4.78, 5) is 60.1. The molecule has 2 aliphatic rings. The number of benzene rings is 4. The van der Waals surface area contributed by atoms with E-state index in [1.165, 1.54) is 0 Å². The van der Waals surface area contributed by atoms with Gasteiger partial charge in [-0.3, -0.25) is 0 Å². The molecule has 2 aliphatic heterocycles. The zero-order chi connectivity index (χ0) is 40.4. The van der Waals surface area contributed by atoms with Gasteiger partial charge >= 0.3 is 34.7 Å². The Morgan fingerprint density at radius 1 is 0.554 bits per heavy atom. The molecule has 4 aromatic rings. The van der Waals surface area contributed by atoms with Gasteiger partial charge in [-0.05, 0) is 60.7 Å². The second kappa shape index (κ2) is 26.2. The predicted molar refractivity (Wildman–Crippen MR) is 202 cm³/mol. The molecule has 6 rings (SSSR count). The van der Waals surface area contributed by atoms with Gasteiger partial charge in [-0.25, -0.2) is 9.98 Å². The summed E-state index contributed by atoms with van der Waals surface area (Å²) in [5.74, 6) is 1.25. The van der Waals surface area contributed by atoms with Gasteiger partial charge in [-0.1, -0.05) is 59.6 Å². The van der Waals surface area contributed by atoms with E-state index in [2.05, 4.69) is 20.6 Å². The summed E-state index contributed by atoms with van der Waals surface area (Å²) in [6, 6.07) is 29.9. The normalized spacial score (nSPS) is 12.0. The summed E-state index contributed by atoms with van der Waals surface area (Å²) in [5, 5.41) is 32.2. The third-order valence-corrected chi connectivity index (χ3v) is 7.17. The van der Waals surface area contributed by atoms with E-state index >= 15 is 0 Å². The minimum atomic E-state index is -3.63. The fourth-order valence-electron chi connectivity index (χ4n) is 4.71. The number of nitrogens with zero attached hydrogens (tertiary/aromatic N) is 4. The molecular weight excluding hydrogens is 854 g/mol. The van der Waals surface area contributed by atoms with E-state index in [-0.39, 0.29) is 47.8 Å². The van der Waals surface area contributed by atoms with Gasteiger partial charge in [-0.15, -0.1) is 0 Å². The van der Waals surface area contributed by atoms with Crippen molar-refractivity contribution in [2.24, 2.45) is 9.98 Å². The van der Waals surface area contributed by atoms with Crippen molar-refractivity contribution >= 4 is 120 Å². The molecule has 0 aliphatic carbocycles. The maximum absolute atomic E-state index is 12.6. The van der Waals surface area contributed by atoms with Crippen LogP contribution in [0.4, 0.5) is 11.4 Å². The first kappa shape index (κ1) is 51.3. The third-order valence-electron chi connectivity index (χ3n) is 6.70. The van der Waals surface area contributed by atoms with Gasteiger partial charge < -0.3 is 63.2 Å². The zero-order valence-corrected chi connectivity index (χ0v) is 36.2. The molecule has 284 valence electrons. The van der Waals surface area contributed by atoms with Gasteiger partial charge in [0.1, 0.15) is 0 Å². The monoisotopic (exact) mass is 880 g/mol. The van der Waals surface area contributed by atoms with Crippen LogP contribution in [-0.2, 0) is 13.4 Å². The first-order chi connectivity index (χ1) is 25.6. The van der Waals surface area contributed by atoms with Gasteiger partial charge in [-0.2, -0.15) is 9.48 Å². The first-order valence-corrected chi connectivity index (χ1v) is 19.5. The number of aliphatic imine (C=N–C) groups is 2. The van der Waals surface area contributed by atoms with Crippen molar-refractivity contribution in [2.45, 2.75) is 0 Å². The van der Waals surface area contributed by atoms with E-state index < -0.39 is 27.5 Å². The molecule has 0 fully saturated rings. The van der Waals surface area contributed by atoms with Crippen molar-refractivity contribution in [2.75, 3.05) is 27.2 Å². The standard InChI is InChI=1S/2C16H14ClN3O.2Al.3O3Si/c2*1-18-15-10-20(21)16(11-5-3-2-4-6-11)13-9-12(17)7-8-14(13)19-15;;;3*1-4(2)3/h2*2-9H,10H2,1H3,(H,18,19);;;;;/q;;2*+3;3*-2. The van der Waals surface area contributed by atoms with Crippen molar-refractivity contribution in [1.82, 2.24) is 10.6 Å². The summed E-state index contributed by atoms with van der Waals surface area (Å²) in [5.41, 5.74) is 5.83. The van der Waals surface area contributed by atoms with Crippen molar-refractivity contribution in [3.05, 3.63) is 140 Å². The SMILES string of the molecule is CNC1=Nc2ccc(Cl)cc2C(c2ccccc2)=[N+]([O-])C1.CNC1=Nc2ccc(Cl)cc2C(c2ccccc2)=[N+]([O-])C1.O=[Si]([O-])[O-].O=[Si]([O-])[O-].O=[Si]([O-])[O-].[Al+3].[Al+3]. The summed E-state index contributed by atoms with van der Waals surface area (Å²) in [7, 11) is -7.37. The van der Waals surface area contributed by atoms with Gasteiger partial charge in [0.05, 0.1) is 22.5 Å². The molecule has 0 radical (unpaired) electrons. The first-order valence-electron chi connectivity index (χ1n) is 15.1. The quantitative estimate of drug-likeness (QED) is 0.112. The molecule has 24 heteroatoms. The Bertz CT molecular complexity index is 1920. The van der Waals surface area contributed by atoms with Crippen molar-refractivity contribution in [1.29, 1.82) is 0 Å². The van der Waals surface area contributed by atoms with E-state index in [0.29, 0.717) is 33.1 Å². The summed E-state index contributed by atoms with van der Waals surface area (Å²) < 4.78 is 27.5. The Morgan fingerprint density at radius 2 is 0.839 bits per heavy atom. The van der Waals surface area contributed by atoms with Crippen molar-refractivity contribution in [3.63, 3.8) is 0 Å². The number of amidine groups is 2. The molecule has 0 saturated carbocycles. The van der Waals surface area contributed by atoms with Crippen LogP contribution in [0.2, 0.25) is 10.0 Å². The Morgan fingerprint density at radius 3 is 1.11 bits per heavy atom. The minimum Gasteiger partial charge on any atom is -0.672 e. The molecule has 0 unspecified atom stereocenters. The Labute approximate surface area is 357 Å². The van der Waals surface area contributed by atoms with Crippen LogP contribution in [0, 0.1) is 10.4 Å². The van der Waals surface area contributed by atoms with Crippen LogP contribution in [0.1, 0.15) is 22.3 Å². The zero-order valence-electron chi connectivity index (χ0n) is 29.3. The summed E-state index contributed by atoms with van der Waals surface area (Å²) in [6.45, 7) is 0.347. The maximum atomic E-state index is 12.6. The predicted octanol–water partition coefficient (Wildman–Crippen LogP) is -3.49. The number of likely N-dealkylation sites (N-methyl/N-ethyl adjacent to an activating group) is 2. The Balaban J connectivity index is 0.000000818. The van der Waals surface area contributed by atoms with Crippen molar-refractivity contribution in [3.8, 4) is 0 Å². The number of halogens is 2. The molecule has 0 bridgehead atoms. The molecule has 2 heterocycles. The summed E-state index contributed by atoms with van der Waals surface area (Å²) >= 11 is 12.2. The topological polar surface area (TPSA) is 290 Å². The van der Waals surface area contributed by atoms with Crippen LogP contribution in [0.15, 0.2) is 107 Å². The minimum absolute atomic E-state index is 0. The van der Waals surface area contributed by atoms with Gasteiger partial charge in [0, 0.05) is 62.8 Å². The van der Waals surface area contributed by atoms with Crippen LogP contribution >= 0.6 is 23.2 Å². The average molecular weight is 882 g/mol. The number of rotatable bonds is 2. The van der Waals surface area contributed by atoms with E-state index in [4.69, 9.17) is 65.4 Å². The summed E-state index contributed by atoms with van der Waals surface area (Å²) in [6.07, 6.45) is 0. The molecule has 17 nitrogen and oxygen atoms in total. The van der Waals surface area contributed by atoms with Crippen molar-refractivity contribution < 1.29 is 51.6 Å². The molecular formula is C32H28Al2Cl2N6O11Si3. The molecule has 0 saturated heterocycles. The van der Waals surface area contributed by atoms with Crippen LogP contribution in [0.3, 0.4) is 0 Å². The van der Waals surface area contributed by atoms with Crippen LogP contribution < -0.4 is 39.4 Å². The maximum Gasteiger partial charge on any atom is 3.00 e. The van der Waals surface area contributed by atoms with Crippen LogP contribution in [0.25, 0.3) is 0 Å². The number of fused-ring (bicyclic) bond motifs is 2. The Hall–Kier alpha value is -4.74. The Kier molecular flexibility index (Phi) is 24.0. The molecule has 0 atom stereocenters. The molecule has 0 aromatic heterocycles. The van der Waals surface area contributed by atoms with Crippen LogP contribution in [0.5, 0.6) is 0 Å². The second-order valence-electron chi connectivity index (χ2n) is 10.2. The van der Waals surface area contributed by atoms with E-state index in [0.717, 1.165) is 43.1 Å². The number of hydrogen-bond donors (Lipinski definition) is 2. The van der Waals surface area contributed by atoms with E-state index in [1.54, 1.807) is 38.4 Å². The molecule has 4 aromatic carbocycles. The number of nitrogens with one attached hydrogen (secondary N) is 2. The second-order valence-corrected chi connectivity index (χ2v) is 12.6. The average Bonchev–Trinajstić information content (AvgIpc) is 3.34. The number of hydroxylamine groups is 2. The van der Waals surface area contributed by atoms with Gasteiger partial charge in [0.25, 0.3) is 0 Å². The molecule has 56 heavy (non-hydrogen) atoms. The number of hydrogen-bond acceptors (Lipinski definition) is 15. The van der Waals surface area contributed by atoms with Crippen LogP contribution in [-0.4, -0.2) is 122 Å². The van der Waals surface area contributed by atoms with Gasteiger partial charge in [0.2, 0.25) is 24.5 Å². The smallest absolute Gasteiger partial charge is 0.672 e. The largest absolute Gasteiger partial charge is 3.00 e. The molecule has 0 amide bonds. The van der Waals surface area contributed by atoms with E-state index in [1.807, 2.05) is 72.8 Å². The fraction of sp³-hybridized carbons (Fsp3) is 0.125. The fourth-order valence-corrected chi connectivity index (χ4v) is 5.06. The molecule has 2 N–H and O–H groups in total. The molecule has 0 spiro atoms. The van der Waals surface area contributed by atoms with E-state index in [9.17, 15) is 10.4 Å².